The van der Waals surface area contributed by atoms with Crippen molar-refractivity contribution in [3.05, 3.63) is 34.9 Å². The Morgan fingerprint density at radius 2 is 2.04 bits per heavy atom. The lowest BCUT2D eigenvalue weighted by molar-refractivity contribution is -0.140. The van der Waals surface area contributed by atoms with Gasteiger partial charge in [-0.05, 0) is 50.5 Å². The third-order valence-corrected chi connectivity index (χ3v) is 4.67. The highest BCUT2D eigenvalue weighted by Gasteiger charge is 2.51. The molecular formula is C18H21F2NO4. The number of nitrogens with zero attached hydrogens (tertiary/aromatic N) is 1. The van der Waals surface area contributed by atoms with Crippen molar-refractivity contribution < 1.29 is 27.8 Å². The minimum Gasteiger partial charge on any atom is -0.444 e. The second-order valence-corrected chi connectivity index (χ2v) is 7.52. The molecule has 3 rings (SSSR count). The molecule has 5 nitrogen and oxygen atoms in total. The van der Waals surface area contributed by atoms with Crippen LogP contribution < -0.4 is 0 Å². The number of benzene rings is 1. The Labute approximate surface area is 144 Å². The van der Waals surface area contributed by atoms with E-state index < -0.39 is 34.8 Å². The maximum absolute atomic E-state index is 13.7. The summed E-state index contributed by atoms with van der Waals surface area (Å²) in [4.78, 5) is 25.4. The summed E-state index contributed by atoms with van der Waals surface area (Å²) in [7, 11) is 0. The zero-order valence-corrected chi connectivity index (χ0v) is 14.5. The molecule has 2 aliphatic rings. The Hall–Kier alpha value is -2.02. The van der Waals surface area contributed by atoms with E-state index in [0.717, 1.165) is 12.1 Å². The minimum atomic E-state index is -1.02. The minimum absolute atomic E-state index is 0.108. The van der Waals surface area contributed by atoms with Gasteiger partial charge in [0, 0.05) is 13.1 Å². The van der Waals surface area contributed by atoms with Crippen molar-refractivity contribution in [2.24, 2.45) is 5.92 Å². The summed E-state index contributed by atoms with van der Waals surface area (Å²) in [6.07, 6.45) is 0.526. The molecule has 25 heavy (non-hydrogen) atoms. The Balaban J connectivity index is 1.87. The normalized spacial score (nSPS) is 25.8. The van der Waals surface area contributed by atoms with Gasteiger partial charge in [0.15, 0.2) is 11.6 Å². The van der Waals surface area contributed by atoms with Gasteiger partial charge in [-0.15, -0.1) is 0 Å². The van der Waals surface area contributed by atoms with Crippen LogP contribution in [0.2, 0.25) is 0 Å². The largest absolute Gasteiger partial charge is 0.444 e. The number of piperidine rings is 1. The fourth-order valence-corrected chi connectivity index (χ4v) is 3.51. The predicted molar refractivity (Wildman–Crippen MR) is 84.8 cm³/mol. The van der Waals surface area contributed by atoms with E-state index >= 15 is 0 Å². The van der Waals surface area contributed by atoms with E-state index in [-0.39, 0.29) is 13.2 Å². The third-order valence-electron chi connectivity index (χ3n) is 4.67. The van der Waals surface area contributed by atoms with Gasteiger partial charge in [0.25, 0.3) is 0 Å². The molecule has 0 radical (unpaired) electrons. The smallest absolute Gasteiger partial charge is 0.410 e. The molecule has 0 bridgehead atoms. The van der Waals surface area contributed by atoms with Crippen molar-refractivity contribution in [3.63, 3.8) is 0 Å². The maximum Gasteiger partial charge on any atom is 0.410 e. The molecule has 0 aromatic heterocycles. The Morgan fingerprint density at radius 1 is 1.36 bits per heavy atom. The first-order valence-corrected chi connectivity index (χ1v) is 8.22. The van der Waals surface area contributed by atoms with E-state index in [9.17, 15) is 18.4 Å². The number of aldehydes is 1. The van der Waals surface area contributed by atoms with Gasteiger partial charge in [0.2, 0.25) is 0 Å². The van der Waals surface area contributed by atoms with E-state index in [4.69, 9.17) is 9.47 Å². The Bertz CT molecular complexity index is 716. The quantitative estimate of drug-likeness (QED) is 0.728. The summed E-state index contributed by atoms with van der Waals surface area (Å²) in [5.41, 5.74) is -0.631. The van der Waals surface area contributed by atoms with Crippen LogP contribution in [0.3, 0.4) is 0 Å². The zero-order chi connectivity index (χ0) is 18.4. The van der Waals surface area contributed by atoms with Crippen LogP contribution >= 0.6 is 0 Å². The van der Waals surface area contributed by atoms with Gasteiger partial charge in [-0.2, -0.15) is 0 Å². The van der Waals surface area contributed by atoms with Gasteiger partial charge in [0.05, 0.1) is 12.5 Å². The van der Waals surface area contributed by atoms with Gasteiger partial charge >= 0.3 is 6.09 Å². The molecular weight excluding hydrogens is 332 g/mol. The molecule has 0 aliphatic carbocycles. The van der Waals surface area contributed by atoms with Gasteiger partial charge in [-0.3, -0.25) is 0 Å². The predicted octanol–water partition coefficient (Wildman–Crippen LogP) is 3.15. The molecule has 2 atom stereocenters. The van der Waals surface area contributed by atoms with Crippen LogP contribution in [0.4, 0.5) is 13.6 Å². The first-order chi connectivity index (χ1) is 11.7. The average molecular weight is 353 g/mol. The Kier molecular flexibility index (Phi) is 4.31. The second kappa shape index (κ2) is 6.05. The molecule has 1 fully saturated rings. The molecule has 0 N–H and O–H groups in total. The fraction of sp³-hybridized carbons (Fsp3) is 0.556. The third kappa shape index (κ3) is 3.13. The van der Waals surface area contributed by atoms with Crippen LogP contribution in [0, 0.1) is 17.6 Å². The lowest BCUT2D eigenvalue weighted by atomic mass is 9.76. The number of rotatable bonds is 1. The molecule has 2 heterocycles. The number of carbonyl (C=O) groups excluding carboxylic acids is 2. The highest BCUT2D eigenvalue weighted by atomic mass is 19.2. The molecule has 1 aromatic carbocycles. The lowest BCUT2D eigenvalue weighted by Crippen LogP contribution is -2.53. The first-order valence-electron chi connectivity index (χ1n) is 8.22. The number of amides is 1. The molecule has 0 saturated carbocycles. The maximum atomic E-state index is 13.7. The topological polar surface area (TPSA) is 55.8 Å². The van der Waals surface area contributed by atoms with Gasteiger partial charge in [0.1, 0.15) is 17.5 Å². The highest BCUT2D eigenvalue weighted by molar-refractivity contribution is 5.70. The van der Waals surface area contributed by atoms with Crippen LogP contribution in [-0.2, 0) is 26.5 Å². The van der Waals surface area contributed by atoms with Crippen LogP contribution in [0.25, 0.3) is 0 Å². The number of halogens is 2. The number of ether oxygens (including phenoxy) is 2. The van der Waals surface area contributed by atoms with E-state index in [1.165, 1.54) is 4.90 Å². The summed E-state index contributed by atoms with van der Waals surface area (Å²) >= 11 is 0. The lowest BCUT2D eigenvalue weighted by Gasteiger charge is -2.43. The van der Waals surface area contributed by atoms with Crippen molar-refractivity contribution in [1.82, 2.24) is 4.90 Å². The van der Waals surface area contributed by atoms with Crippen LogP contribution in [-0.4, -0.2) is 36.0 Å². The number of hydrogen-bond acceptors (Lipinski definition) is 4. The Morgan fingerprint density at radius 3 is 2.68 bits per heavy atom. The molecule has 1 amide bonds. The standard InChI is InChI=1S/C18H21F2NO4/c1-17(2,3)25-16(23)21-5-4-18(12(8-21)9-22)13-7-15(20)14(19)6-11(13)10-24-18/h6-7,9,12H,4-5,8,10H2,1-3H3/t12-,18-/m1/s1. The van der Waals surface area contributed by atoms with Crippen LogP contribution in [0.15, 0.2) is 12.1 Å². The summed E-state index contributed by atoms with van der Waals surface area (Å²) in [6, 6.07) is 2.22. The molecule has 7 heteroatoms. The number of likely N-dealkylation sites (tertiary alicyclic amines) is 1. The van der Waals surface area contributed by atoms with Crippen LogP contribution in [0.5, 0.6) is 0 Å². The monoisotopic (exact) mass is 353 g/mol. The van der Waals surface area contributed by atoms with Crippen molar-refractivity contribution in [2.75, 3.05) is 13.1 Å². The summed E-state index contributed by atoms with van der Waals surface area (Å²) in [5, 5.41) is 0. The molecule has 1 saturated heterocycles. The van der Waals surface area contributed by atoms with Crippen LogP contribution in [0.1, 0.15) is 38.3 Å². The summed E-state index contributed by atoms with van der Waals surface area (Å²) in [5.74, 6) is -2.59. The van der Waals surface area contributed by atoms with E-state index in [1.54, 1.807) is 20.8 Å². The number of carbonyl (C=O) groups is 2. The molecule has 1 spiro atoms. The molecule has 0 unspecified atom stereocenters. The van der Waals surface area contributed by atoms with E-state index in [2.05, 4.69) is 0 Å². The van der Waals surface area contributed by atoms with Gasteiger partial charge < -0.3 is 19.2 Å². The van der Waals surface area contributed by atoms with Crippen molar-refractivity contribution in [1.29, 1.82) is 0 Å². The summed E-state index contributed by atoms with van der Waals surface area (Å²) in [6.45, 7) is 5.82. The number of hydrogen-bond donors (Lipinski definition) is 0. The zero-order valence-electron chi connectivity index (χ0n) is 14.5. The van der Waals surface area contributed by atoms with E-state index in [1.807, 2.05) is 0 Å². The fourth-order valence-electron chi connectivity index (χ4n) is 3.51. The molecule has 1 aromatic rings. The van der Waals surface area contributed by atoms with Gasteiger partial charge in [-0.25, -0.2) is 13.6 Å². The first kappa shape index (κ1) is 17.8. The van der Waals surface area contributed by atoms with Gasteiger partial charge in [-0.1, -0.05) is 0 Å². The van der Waals surface area contributed by atoms with Crippen molar-refractivity contribution >= 4 is 12.4 Å². The summed E-state index contributed by atoms with van der Waals surface area (Å²) < 4.78 is 38.4. The SMILES string of the molecule is CC(C)(C)OC(=O)N1CC[C@@]2(OCc3cc(F)c(F)cc32)[C@@H](C=O)C1. The second-order valence-electron chi connectivity index (χ2n) is 7.52. The molecule has 2 aliphatic heterocycles. The molecule has 136 valence electrons. The average Bonchev–Trinajstić information content (AvgIpc) is 2.85. The van der Waals surface area contributed by atoms with Crippen molar-refractivity contribution in [3.8, 4) is 0 Å². The number of fused-ring (bicyclic) bond motifs is 2. The highest BCUT2D eigenvalue weighted by Crippen LogP contribution is 2.47. The van der Waals surface area contributed by atoms with Crippen molar-refractivity contribution in [2.45, 2.75) is 45.0 Å². The van der Waals surface area contributed by atoms with E-state index in [0.29, 0.717) is 30.4 Å².